The number of phenolic OH excluding ortho intramolecular Hbond substituents is 1. The van der Waals surface area contributed by atoms with Gasteiger partial charge in [0.25, 0.3) is 11.5 Å². The standard InChI is InChI=1S/C23H20ClN5O4/c1-13-19(23(32)29(28(13)2)14-6-4-3-5-7-14)22(31)27-16-9-8-15(12-17(16)30)33-18-10-11-26-21(25)20(18)24/h3-12,30H,1-2H3,(H2,25,26)(H,27,31). The zero-order chi connectivity index (χ0) is 23.7. The Hall–Kier alpha value is -4.24. The van der Waals surface area contributed by atoms with Crippen molar-refractivity contribution in [3.05, 3.63) is 87.4 Å². The van der Waals surface area contributed by atoms with Crippen molar-refractivity contribution in [2.24, 2.45) is 7.05 Å². The molecule has 0 aliphatic rings. The fourth-order valence-electron chi connectivity index (χ4n) is 3.34. The Morgan fingerprint density at radius 3 is 2.61 bits per heavy atom. The topological polar surface area (TPSA) is 124 Å². The van der Waals surface area contributed by atoms with Crippen LogP contribution >= 0.6 is 11.6 Å². The number of phenols is 1. The highest BCUT2D eigenvalue weighted by Gasteiger charge is 2.23. The summed E-state index contributed by atoms with van der Waals surface area (Å²) >= 11 is 6.07. The summed E-state index contributed by atoms with van der Waals surface area (Å²) < 4.78 is 8.65. The van der Waals surface area contributed by atoms with Crippen molar-refractivity contribution in [2.45, 2.75) is 6.92 Å². The molecule has 4 aromatic rings. The van der Waals surface area contributed by atoms with E-state index in [4.69, 9.17) is 22.1 Å². The third-order valence-electron chi connectivity index (χ3n) is 5.11. The average Bonchev–Trinajstić information content (AvgIpc) is 3.02. The minimum Gasteiger partial charge on any atom is -0.506 e. The third kappa shape index (κ3) is 4.13. The number of aromatic hydroxyl groups is 1. The number of amides is 1. The summed E-state index contributed by atoms with van der Waals surface area (Å²) in [6.07, 6.45) is 1.44. The lowest BCUT2D eigenvalue weighted by atomic mass is 10.2. The number of nitrogen functional groups attached to an aromatic ring is 1. The van der Waals surface area contributed by atoms with Gasteiger partial charge < -0.3 is 20.9 Å². The number of aromatic nitrogens is 3. The van der Waals surface area contributed by atoms with Gasteiger partial charge in [0.05, 0.1) is 17.1 Å². The maximum absolute atomic E-state index is 13.0. The second-order valence-electron chi connectivity index (χ2n) is 7.18. The maximum atomic E-state index is 13.0. The van der Waals surface area contributed by atoms with Crippen molar-refractivity contribution in [1.82, 2.24) is 14.3 Å². The summed E-state index contributed by atoms with van der Waals surface area (Å²) in [6.45, 7) is 1.68. The molecule has 0 radical (unpaired) electrons. The smallest absolute Gasteiger partial charge is 0.284 e. The zero-order valence-corrected chi connectivity index (χ0v) is 18.5. The first-order valence-electron chi connectivity index (χ1n) is 9.84. The molecule has 0 aliphatic carbocycles. The summed E-state index contributed by atoms with van der Waals surface area (Å²) in [4.78, 5) is 29.8. The van der Waals surface area contributed by atoms with E-state index in [0.717, 1.165) is 0 Å². The summed E-state index contributed by atoms with van der Waals surface area (Å²) in [5, 5.41) is 13.1. The van der Waals surface area contributed by atoms with Crippen molar-refractivity contribution < 1.29 is 14.6 Å². The van der Waals surface area contributed by atoms with Crippen LogP contribution in [0, 0.1) is 6.92 Å². The molecule has 0 aliphatic heterocycles. The van der Waals surface area contributed by atoms with Crippen molar-refractivity contribution in [3.8, 4) is 22.9 Å². The predicted octanol–water partition coefficient (Wildman–Crippen LogP) is 3.87. The molecular weight excluding hydrogens is 446 g/mol. The minimum absolute atomic E-state index is 0.0277. The second kappa shape index (κ2) is 8.71. The van der Waals surface area contributed by atoms with E-state index in [1.807, 2.05) is 6.07 Å². The van der Waals surface area contributed by atoms with E-state index in [9.17, 15) is 14.7 Å². The molecule has 2 heterocycles. The van der Waals surface area contributed by atoms with Gasteiger partial charge in [-0.25, -0.2) is 9.67 Å². The molecule has 0 saturated carbocycles. The van der Waals surface area contributed by atoms with E-state index in [2.05, 4.69) is 10.3 Å². The highest BCUT2D eigenvalue weighted by molar-refractivity contribution is 6.34. The Balaban J connectivity index is 1.60. The van der Waals surface area contributed by atoms with Crippen molar-refractivity contribution in [1.29, 1.82) is 0 Å². The number of para-hydroxylation sites is 1. The molecule has 10 heteroatoms. The Kier molecular flexibility index (Phi) is 5.80. The highest BCUT2D eigenvalue weighted by Crippen LogP contribution is 2.35. The number of pyridine rings is 1. The summed E-state index contributed by atoms with van der Waals surface area (Å²) in [5.74, 6) is -0.253. The molecule has 0 atom stereocenters. The monoisotopic (exact) mass is 465 g/mol. The molecule has 0 bridgehead atoms. The number of hydrogen-bond acceptors (Lipinski definition) is 6. The second-order valence-corrected chi connectivity index (χ2v) is 7.56. The number of halogens is 1. The lowest BCUT2D eigenvalue weighted by Gasteiger charge is -2.11. The molecule has 0 spiro atoms. The number of hydrogen-bond donors (Lipinski definition) is 3. The predicted molar refractivity (Wildman–Crippen MR) is 126 cm³/mol. The van der Waals surface area contributed by atoms with Crippen LogP contribution in [0.4, 0.5) is 11.5 Å². The van der Waals surface area contributed by atoms with Crippen LogP contribution in [0.1, 0.15) is 16.1 Å². The molecular formula is C23H20ClN5O4. The number of benzene rings is 2. The molecule has 4 rings (SSSR count). The van der Waals surface area contributed by atoms with Gasteiger partial charge in [0.15, 0.2) is 5.75 Å². The molecule has 4 N–H and O–H groups in total. The molecule has 2 aromatic heterocycles. The van der Waals surface area contributed by atoms with E-state index < -0.39 is 11.5 Å². The van der Waals surface area contributed by atoms with Crippen LogP contribution in [0.25, 0.3) is 5.69 Å². The number of nitrogens with zero attached hydrogens (tertiary/aromatic N) is 3. The van der Waals surface area contributed by atoms with Gasteiger partial charge in [-0.1, -0.05) is 29.8 Å². The van der Waals surface area contributed by atoms with E-state index in [0.29, 0.717) is 11.4 Å². The number of nitrogens with two attached hydrogens (primary N) is 1. The fourth-order valence-corrected chi connectivity index (χ4v) is 3.49. The van der Waals surface area contributed by atoms with Gasteiger partial charge in [0, 0.05) is 25.4 Å². The first kappa shape index (κ1) is 22.0. The van der Waals surface area contributed by atoms with E-state index in [1.54, 1.807) is 42.9 Å². The first-order valence-corrected chi connectivity index (χ1v) is 10.2. The largest absolute Gasteiger partial charge is 0.506 e. The highest BCUT2D eigenvalue weighted by atomic mass is 35.5. The molecule has 9 nitrogen and oxygen atoms in total. The number of ether oxygens (including phenoxy) is 1. The number of anilines is 2. The van der Waals surface area contributed by atoms with Gasteiger partial charge in [-0.05, 0) is 31.2 Å². The molecule has 0 fully saturated rings. The van der Waals surface area contributed by atoms with Gasteiger partial charge in [-0.15, -0.1) is 0 Å². The van der Waals surface area contributed by atoms with Gasteiger partial charge in [-0.2, -0.15) is 0 Å². The third-order valence-corrected chi connectivity index (χ3v) is 5.49. The molecule has 2 aromatic carbocycles. The first-order chi connectivity index (χ1) is 15.8. The van der Waals surface area contributed by atoms with E-state index >= 15 is 0 Å². The van der Waals surface area contributed by atoms with Gasteiger partial charge in [-0.3, -0.25) is 14.3 Å². The Labute approximate surface area is 193 Å². The Bertz CT molecular complexity index is 1410. The molecule has 33 heavy (non-hydrogen) atoms. The molecule has 0 unspecified atom stereocenters. The minimum atomic E-state index is -0.642. The van der Waals surface area contributed by atoms with Crippen molar-refractivity contribution >= 4 is 29.0 Å². The lowest BCUT2D eigenvalue weighted by molar-refractivity contribution is 0.102. The maximum Gasteiger partial charge on any atom is 0.284 e. The number of carbonyl (C=O) groups excluding carboxylic acids is 1. The number of carbonyl (C=O) groups is 1. The Morgan fingerprint density at radius 1 is 1.18 bits per heavy atom. The number of nitrogens with one attached hydrogen (secondary N) is 1. The summed E-state index contributed by atoms with van der Waals surface area (Å²) in [7, 11) is 1.70. The van der Waals surface area contributed by atoms with Gasteiger partial charge in [0.1, 0.15) is 27.9 Å². The average molecular weight is 466 g/mol. The molecule has 168 valence electrons. The Morgan fingerprint density at radius 2 is 1.91 bits per heavy atom. The van der Waals surface area contributed by atoms with Crippen LogP contribution in [-0.4, -0.2) is 25.4 Å². The van der Waals surface area contributed by atoms with Gasteiger partial charge in [0.2, 0.25) is 0 Å². The SMILES string of the molecule is Cc1c(C(=O)Nc2ccc(Oc3ccnc(N)c3Cl)cc2O)c(=O)n(-c2ccccc2)n1C. The van der Waals surface area contributed by atoms with Crippen LogP contribution in [0.15, 0.2) is 65.6 Å². The molecule has 1 amide bonds. The van der Waals surface area contributed by atoms with E-state index in [1.165, 1.54) is 35.1 Å². The van der Waals surface area contributed by atoms with Crippen molar-refractivity contribution in [2.75, 3.05) is 11.1 Å². The van der Waals surface area contributed by atoms with Crippen LogP contribution in [0.5, 0.6) is 17.2 Å². The quantitative estimate of drug-likeness (QED) is 0.384. The van der Waals surface area contributed by atoms with Crippen LogP contribution in [-0.2, 0) is 7.05 Å². The fraction of sp³-hybridized carbons (Fsp3) is 0.0870. The summed E-state index contributed by atoms with van der Waals surface area (Å²) in [5.41, 5.74) is 6.39. The van der Waals surface area contributed by atoms with E-state index in [-0.39, 0.29) is 39.3 Å². The van der Waals surface area contributed by atoms with Gasteiger partial charge >= 0.3 is 0 Å². The van der Waals surface area contributed by atoms with Crippen LogP contribution in [0.3, 0.4) is 0 Å². The van der Waals surface area contributed by atoms with Crippen LogP contribution < -0.4 is 21.3 Å². The number of rotatable bonds is 5. The van der Waals surface area contributed by atoms with Crippen molar-refractivity contribution in [3.63, 3.8) is 0 Å². The zero-order valence-electron chi connectivity index (χ0n) is 17.7. The summed E-state index contributed by atoms with van der Waals surface area (Å²) in [6, 6.07) is 14.8. The lowest BCUT2D eigenvalue weighted by Crippen LogP contribution is -2.25. The van der Waals surface area contributed by atoms with Crippen LogP contribution in [0.2, 0.25) is 5.02 Å². The molecule has 0 saturated heterocycles. The normalized spacial score (nSPS) is 10.8.